The number of benzene rings is 1. The maximum absolute atomic E-state index is 9.83. The molecule has 0 radical (unpaired) electrons. The fourth-order valence-electron chi connectivity index (χ4n) is 2.59. The molecule has 3 N–H and O–H groups in total. The van der Waals surface area contributed by atoms with Crippen LogP contribution in [0.5, 0.6) is 0 Å². The molecule has 25 heavy (non-hydrogen) atoms. The topological polar surface area (TPSA) is 90.1 Å². The molecule has 0 bridgehead atoms. The van der Waals surface area contributed by atoms with Crippen LogP contribution in [0.4, 0.5) is 0 Å². The first kappa shape index (κ1) is 19.1. The average molecular weight is 505 g/mol. The zero-order chi connectivity index (χ0) is 17.1. The Bertz CT molecular complexity index is 862. The number of nitrogens with zero attached hydrogens (tertiary/aromatic N) is 3. The van der Waals surface area contributed by atoms with Crippen molar-refractivity contribution >= 4 is 0 Å². The number of rotatable bonds is 5. The van der Waals surface area contributed by atoms with Crippen LogP contribution in [0.15, 0.2) is 47.2 Å². The van der Waals surface area contributed by atoms with E-state index in [4.69, 9.17) is 16.7 Å². The maximum atomic E-state index is 9.83. The summed E-state index contributed by atoms with van der Waals surface area (Å²) in [6.07, 6.45) is 9.80. The van der Waals surface area contributed by atoms with E-state index in [1.807, 2.05) is 18.2 Å². The molecule has 0 aliphatic rings. The summed E-state index contributed by atoms with van der Waals surface area (Å²) in [7, 11) is 0. The van der Waals surface area contributed by atoms with Gasteiger partial charge in [-0.3, -0.25) is 5.92 Å². The summed E-state index contributed by atoms with van der Waals surface area (Å²) < 4.78 is 7.24. The largest absolute Gasteiger partial charge is 0.385 e. The first-order valence-corrected chi connectivity index (χ1v) is 7.54. The molecule has 2 atom stereocenters. The van der Waals surface area contributed by atoms with Crippen molar-refractivity contribution in [2.75, 3.05) is 6.54 Å². The Kier molecular flexibility index (Phi) is 6.32. The predicted molar refractivity (Wildman–Crippen MR) is 88.2 cm³/mol. The molecule has 0 saturated carbocycles. The smallest absolute Gasteiger partial charge is 0.167 e. The monoisotopic (exact) mass is 505 g/mol. The van der Waals surface area contributed by atoms with Crippen molar-refractivity contribution in [2.24, 2.45) is 5.73 Å². The SMILES string of the molecule is [C-]#Cc1ccc(-c2cc([C@@H](CN)n3ccnc3[C@H](C)O)no2)cc1.[W]. The molecule has 3 aromatic rings. The van der Waals surface area contributed by atoms with Crippen LogP contribution in [-0.2, 0) is 21.1 Å². The van der Waals surface area contributed by atoms with Gasteiger partial charge in [0.15, 0.2) is 5.76 Å². The number of aliphatic hydroxyl groups excluding tert-OH is 1. The molecule has 1 aromatic carbocycles. The molecular formula is C18H17N4O2W-. The van der Waals surface area contributed by atoms with Crippen molar-refractivity contribution in [3.63, 3.8) is 0 Å². The second kappa shape index (κ2) is 8.26. The first-order valence-electron chi connectivity index (χ1n) is 7.54. The molecule has 3 rings (SSSR count). The molecule has 2 heterocycles. The van der Waals surface area contributed by atoms with Gasteiger partial charge in [-0.25, -0.2) is 4.98 Å². The van der Waals surface area contributed by atoms with E-state index in [0.717, 1.165) is 5.56 Å². The standard InChI is InChI=1S/C18H17N4O2.W/c1-3-13-4-6-14(7-5-13)17-10-15(21-24-17)16(11-19)22-9-8-20-18(22)12(2)23;/h4-10,12,16,23H,11,19H2,2H3;/q-1;/t12-,16+;/m0./s1. The van der Waals surface area contributed by atoms with Gasteiger partial charge >= 0.3 is 0 Å². The average Bonchev–Trinajstić information content (AvgIpc) is 3.26. The summed E-state index contributed by atoms with van der Waals surface area (Å²) in [5.41, 5.74) is 8.12. The second-order valence-corrected chi connectivity index (χ2v) is 5.44. The summed E-state index contributed by atoms with van der Waals surface area (Å²) in [4.78, 5) is 4.17. The molecular weight excluding hydrogens is 488 g/mol. The van der Waals surface area contributed by atoms with Crippen molar-refractivity contribution < 1.29 is 30.7 Å². The molecule has 0 aliphatic heterocycles. The number of imidazole rings is 1. The molecule has 0 fully saturated rings. The van der Waals surface area contributed by atoms with Crippen molar-refractivity contribution in [3.05, 3.63) is 66.2 Å². The number of aliphatic hydroxyl groups is 1. The predicted octanol–water partition coefficient (Wildman–Crippen LogP) is 2.07. The van der Waals surface area contributed by atoms with Crippen LogP contribution in [-0.4, -0.2) is 26.4 Å². The van der Waals surface area contributed by atoms with E-state index in [-0.39, 0.29) is 27.1 Å². The van der Waals surface area contributed by atoms with Crippen LogP contribution in [0.1, 0.15) is 36.2 Å². The summed E-state index contributed by atoms with van der Waals surface area (Å²) in [6, 6.07) is 8.81. The van der Waals surface area contributed by atoms with Gasteiger partial charge in [0.2, 0.25) is 0 Å². The van der Waals surface area contributed by atoms with Crippen LogP contribution in [0.25, 0.3) is 11.3 Å². The van der Waals surface area contributed by atoms with Gasteiger partial charge < -0.3 is 26.4 Å². The van der Waals surface area contributed by atoms with Crippen molar-refractivity contribution in [1.82, 2.24) is 14.7 Å². The first-order chi connectivity index (χ1) is 11.6. The Morgan fingerprint density at radius 3 is 2.68 bits per heavy atom. The number of nitrogens with two attached hydrogens (primary N) is 1. The van der Waals surface area contributed by atoms with Gasteiger partial charge in [-0.2, -0.15) is 0 Å². The van der Waals surface area contributed by atoms with Gasteiger partial charge in [0.05, 0.1) is 6.04 Å². The van der Waals surface area contributed by atoms with Crippen LogP contribution < -0.4 is 5.73 Å². The maximum Gasteiger partial charge on any atom is 0.167 e. The summed E-state index contributed by atoms with van der Waals surface area (Å²) in [5, 5.41) is 14.0. The molecule has 7 heteroatoms. The summed E-state index contributed by atoms with van der Waals surface area (Å²) in [5.74, 6) is 3.47. The summed E-state index contributed by atoms with van der Waals surface area (Å²) in [6.45, 7) is 1.95. The third kappa shape index (κ3) is 3.91. The molecule has 0 spiro atoms. The van der Waals surface area contributed by atoms with Crippen molar-refractivity contribution in [2.45, 2.75) is 19.1 Å². The zero-order valence-electron chi connectivity index (χ0n) is 13.6. The molecule has 6 nitrogen and oxygen atoms in total. The van der Waals surface area contributed by atoms with Crippen molar-refractivity contribution in [3.8, 4) is 17.2 Å². The Labute approximate surface area is 160 Å². The Morgan fingerprint density at radius 2 is 2.08 bits per heavy atom. The van der Waals surface area contributed by atoms with E-state index in [2.05, 4.69) is 16.1 Å². The van der Waals surface area contributed by atoms with Gasteiger partial charge in [0.25, 0.3) is 0 Å². The minimum Gasteiger partial charge on any atom is -0.385 e. The van der Waals surface area contributed by atoms with Gasteiger partial charge in [-0.1, -0.05) is 17.3 Å². The summed E-state index contributed by atoms with van der Waals surface area (Å²) >= 11 is 0. The Hall–Kier alpha value is -2.19. The number of hydrogen-bond donors (Lipinski definition) is 2. The van der Waals surface area contributed by atoms with Crippen molar-refractivity contribution in [1.29, 1.82) is 0 Å². The third-order valence-electron chi connectivity index (χ3n) is 3.81. The van der Waals surface area contributed by atoms with E-state index in [9.17, 15) is 5.11 Å². The van der Waals surface area contributed by atoms with Crippen LogP contribution >= 0.6 is 0 Å². The Morgan fingerprint density at radius 1 is 1.36 bits per heavy atom. The van der Waals surface area contributed by atoms with E-state index >= 15 is 0 Å². The third-order valence-corrected chi connectivity index (χ3v) is 3.81. The number of hydrogen-bond acceptors (Lipinski definition) is 5. The van der Waals surface area contributed by atoms with Crippen LogP contribution in [0.2, 0.25) is 0 Å². The molecule has 128 valence electrons. The van der Waals surface area contributed by atoms with Gasteiger partial charge in [0, 0.05) is 51.6 Å². The molecule has 0 saturated heterocycles. The molecule has 0 amide bonds. The van der Waals surface area contributed by atoms with Crippen LogP contribution in [0.3, 0.4) is 0 Å². The van der Waals surface area contributed by atoms with Gasteiger partial charge in [-0.15, -0.1) is 17.7 Å². The Balaban J connectivity index is 0.00000225. The normalized spacial score (nSPS) is 12.9. The van der Waals surface area contributed by atoms with Gasteiger partial charge in [-0.05, 0) is 6.92 Å². The minimum atomic E-state index is -0.703. The minimum absolute atomic E-state index is 0. The van der Waals surface area contributed by atoms with Gasteiger partial charge in [0.1, 0.15) is 17.6 Å². The quantitative estimate of drug-likeness (QED) is 0.410. The second-order valence-electron chi connectivity index (χ2n) is 5.44. The van der Waals surface area contributed by atoms with E-state index < -0.39 is 6.10 Å². The fourth-order valence-corrected chi connectivity index (χ4v) is 2.59. The van der Waals surface area contributed by atoms with E-state index in [0.29, 0.717) is 29.4 Å². The molecule has 0 aliphatic carbocycles. The zero-order valence-corrected chi connectivity index (χ0v) is 16.5. The molecule has 0 unspecified atom stereocenters. The number of aromatic nitrogens is 3. The van der Waals surface area contributed by atoms with E-state index in [1.165, 1.54) is 0 Å². The van der Waals surface area contributed by atoms with Crippen LogP contribution in [0, 0.1) is 12.3 Å². The molecule has 2 aromatic heterocycles. The fraction of sp³-hybridized carbons (Fsp3) is 0.222. The van der Waals surface area contributed by atoms with E-state index in [1.54, 1.807) is 36.0 Å².